The molecule has 0 amide bonds. The molecule has 1 aromatic heterocycles. The largest absolute Gasteiger partial charge is 0.492 e. The van der Waals surface area contributed by atoms with Crippen LogP contribution in [0.25, 0.3) is 10.2 Å². The summed E-state index contributed by atoms with van der Waals surface area (Å²) in [5.41, 5.74) is 6.95. The van der Waals surface area contributed by atoms with E-state index in [-0.39, 0.29) is 0 Å². The van der Waals surface area contributed by atoms with Crippen molar-refractivity contribution in [2.24, 2.45) is 5.92 Å². The fraction of sp³-hybridized carbons (Fsp3) is 0.333. The van der Waals surface area contributed by atoms with Gasteiger partial charge in [-0.15, -0.1) is 0 Å². The van der Waals surface area contributed by atoms with E-state index in [0.717, 1.165) is 10.2 Å². The van der Waals surface area contributed by atoms with E-state index in [0.29, 0.717) is 29.0 Å². The minimum absolute atomic E-state index is 0.415. The highest BCUT2D eigenvalue weighted by atomic mass is 32.1. The summed E-state index contributed by atoms with van der Waals surface area (Å²) in [6, 6.07) is 5.69. The second-order valence-corrected chi connectivity index (χ2v) is 5.25. The Bertz CT molecular complexity index is 583. The summed E-state index contributed by atoms with van der Waals surface area (Å²) >= 11 is 1.37. The Hall–Kier alpha value is -1.80. The van der Waals surface area contributed by atoms with E-state index < -0.39 is 0 Å². The van der Waals surface area contributed by atoms with Crippen LogP contribution in [0.15, 0.2) is 12.1 Å². The lowest BCUT2D eigenvalue weighted by Gasteiger charge is -2.09. The molecule has 17 heavy (non-hydrogen) atoms. The number of nitriles is 1. The summed E-state index contributed by atoms with van der Waals surface area (Å²) in [5, 5.41) is 9.58. The zero-order valence-corrected chi connectivity index (χ0v) is 10.5. The van der Waals surface area contributed by atoms with Gasteiger partial charge in [-0.25, -0.2) is 4.98 Å². The van der Waals surface area contributed by atoms with Crippen molar-refractivity contribution in [2.75, 3.05) is 12.3 Å². The Kier molecular flexibility index (Phi) is 3.16. The number of nitrogen functional groups attached to an aromatic ring is 1. The lowest BCUT2D eigenvalue weighted by atomic mass is 10.2. The zero-order valence-electron chi connectivity index (χ0n) is 9.73. The van der Waals surface area contributed by atoms with Crippen LogP contribution in [-0.2, 0) is 0 Å². The highest BCUT2D eigenvalue weighted by Gasteiger charge is 2.10. The maximum Gasteiger partial charge on any atom is 0.181 e. The molecule has 2 N–H and O–H groups in total. The topological polar surface area (TPSA) is 71.9 Å². The van der Waals surface area contributed by atoms with Gasteiger partial charge < -0.3 is 10.5 Å². The van der Waals surface area contributed by atoms with Crippen LogP contribution in [0, 0.1) is 17.2 Å². The summed E-state index contributed by atoms with van der Waals surface area (Å²) in [7, 11) is 0. The average Bonchev–Trinajstić information content (AvgIpc) is 2.63. The van der Waals surface area contributed by atoms with Crippen molar-refractivity contribution >= 4 is 26.7 Å². The number of rotatable bonds is 3. The number of benzene rings is 1. The van der Waals surface area contributed by atoms with Gasteiger partial charge in [0.05, 0.1) is 22.4 Å². The summed E-state index contributed by atoms with van der Waals surface area (Å²) in [6.07, 6.45) is 0. The first-order valence-electron chi connectivity index (χ1n) is 5.33. The molecule has 1 heterocycles. The molecule has 4 nitrogen and oxygen atoms in total. The predicted molar refractivity (Wildman–Crippen MR) is 69.1 cm³/mol. The Morgan fingerprint density at radius 1 is 1.53 bits per heavy atom. The highest BCUT2D eigenvalue weighted by Crippen LogP contribution is 2.30. The second kappa shape index (κ2) is 4.60. The molecule has 1 aromatic carbocycles. The Morgan fingerprint density at radius 3 is 2.94 bits per heavy atom. The van der Waals surface area contributed by atoms with E-state index >= 15 is 0 Å². The number of hydrogen-bond donors (Lipinski definition) is 1. The van der Waals surface area contributed by atoms with E-state index in [4.69, 9.17) is 15.7 Å². The summed E-state index contributed by atoms with van der Waals surface area (Å²) in [4.78, 5) is 4.18. The first kappa shape index (κ1) is 11.7. The van der Waals surface area contributed by atoms with Crippen molar-refractivity contribution in [2.45, 2.75) is 13.8 Å². The monoisotopic (exact) mass is 247 g/mol. The third-order valence-corrected chi connectivity index (χ3v) is 3.05. The number of nitrogens with two attached hydrogens (primary N) is 1. The number of ether oxygens (including phenoxy) is 1. The maximum atomic E-state index is 9.07. The number of aromatic nitrogens is 1. The van der Waals surface area contributed by atoms with Gasteiger partial charge in [-0.3, -0.25) is 0 Å². The van der Waals surface area contributed by atoms with Crippen molar-refractivity contribution in [1.29, 1.82) is 5.26 Å². The highest BCUT2D eigenvalue weighted by molar-refractivity contribution is 7.22. The average molecular weight is 247 g/mol. The van der Waals surface area contributed by atoms with Crippen LogP contribution in [0.3, 0.4) is 0 Å². The molecule has 0 bridgehead atoms. The normalized spacial score (nSPS) is 10.7. The zero-order chi connectivity index (χ0) is 12.4. The molecule has 0 saturated heterocycles. The van der Waals surface area contributed by atoms with Crippen LogP contribution >= 0.6 is 11.3 Å². The first-order valence-corrected chi connectivity index (χ1v) is 6.14. The minimum Gasteiger partial charge on any atom is -0.492 e. The van der Waals surface area contributed by atoms with Crippen molar-refractivity contribution in [1.82, 2.24) is 4.98 Å². The van der Waals surface area contributed by atoms with E-state index in [2.05, 4.69) is 24.9 Å². The standard InChI is InChI=1S/C12H13N3OS/c1-7(2)6-16-10-4-9-11(3-8(10)5-13)17-12(14)15-9/h3-4,7H,6H2,1-2H3,(H2,14,15). The smallest absolute Gasteiger partial charge is 0.181 e. The number of fused-ring (bicyclic) bond motifs is 1. The van der Waals surface area contributed by atoms with Gasteiger partial charge in [-0.05, 0) is 12.0 Å². The molecule has 0 fully saturated rings. The molecule has 0 aliphatic rings. The molecule has 0 atom stereocenters. The molecule has 0 saturated carbocycles. The van der Waals surface area contributed by atoms with Crippen LogP contribution < -0.4 is 10.5 Å². The summed E-state index contributed by atoms with van der Waals surface area (Å²) in [5.74, 6) is 0.997. The number of nitrogens with zero attached hydrogens (tertiary/aromatic N) is 2. The summed E-state index contributed by atoms with van der Waals surface area (Å²) < 4.78 is 6.52. The van der Waals surface area contributed by atoms with Crippen LogP contribution in [0.2, 0.25) is 0 Å². The fourth-order valence-electron chi connectivity index (χ4n) is 1.44. The van der Waals surface area contributed by atoms with E-state index in [1.54, 1.807) is 12.1 Å². The van der Waals surface area contributed by atoms with Gasteiger partial charge in [0.2, 0.25) is 0 Å². The van der Waals surface area contributed by atoms with Crippen LogP contribution in [0.5, 0.6) is 5.75 Å². The predicted octanol–water partition coefficient (Wildman–Crippen LogP) is 2.78. The van der Waals surface area contributed by atoms with Crippen molar-refractivity contribution < 1.29 is 4.74 Å². The van der Waals surface area contributed by atoms with Gasteiger partial charge in [0, 0.05) is 6.07 Å². The Labute approximate surface area is 104 Å². The van der Waals surface area contributed by atoms with Crippen molar-refractivity contribution in [3.05, 3.63) is 17.7 Å². The molecule has 2 rings (SSSR count). The maximum absolute atomic E-state index is 9.07. The van der Waals surface area contributed by atoms with Crippen LogP contribution in [0.1, 0.15) is 19.4 Å². The first-order chi connectivity index (χ1) is 8.10. The van der Waals surface area contributed by atoms with E-state index in [1.165, 1.54) is 11.3 Å². The van der Waals surface area contributed by atoms with Gasteiger partial charge in [0.1, 0.15) is 11.8 Å². The number of hydrogen-bond acceptors (Lipinski definition) is 5. The molecular formula is C12H13N3OS. The second-order valence-electron chi connectivity index (χ2n) is 4.18. The quantitative estimate of drug-likeness (QED) is 0.905. The molecular weight excluding hydrogens is 234 g/mol. The lowest BCUT2D eigenvalue weighted by molar-refractivity contribution is 0.270. The SMILES string of the molecule is CC(C)COc1cc2nc(N)sc2cc1C#N. The Morgan fingerprint density at radius 2 is 2.29 bits per heavy atom. The summed E-state index contributed by atoms with van der Waals surface area (Å²) in [6.45, 7) is 4.70. The Balaban J connectivity index is 2.42. The number of thiazole rings is 1. The fourth-order valence-corrected chi connectivity index (χ4v) is 2.19. The van der Waals surface area contributed by atoms with E-state index in [1.807, 2.05) is 0 Å². The third kappa shape index (κ3) is 2.48. The molecule has 0 aliphatic heterocycles. The van der Waals surface area contributed by atoms with Gasteiger partial charge in [0.15, 0.2) is 5.13 Å². The van der Waals surface area contributed by atoms with Gasteiger partial charge in [-0.1, -0.05) is 25.2 Å². The molecule has 0 radical (unpaired) electrons. The van der Waals surface area contributed by atoms with Crippen LogP contribution in [0.4, 0.5) is 5.13 Å². The van der Waals surface area contributed by atoms with E-state index in [9.17, 15) is 0 Å². The van der Waals surface area contributed by atoms with Gasteiger partial charge in [-0.2, -0.15) is 5.26 Å². The molecule has 0 aliphatic carbocycles. The number of anilines is 1. The van der Waals surface area contributed by atoms with Gasteiger partial charge >= 0.3 is 0 Å². The van der Waals surface area contributed by atoms with Crippen molar-refractivity contribution in [3.8, 4) is 11.8 Å². The van der Waals surface area contributed by atoms with Crippen molar-refractivity contribution in [3.63, 3.8) is 0 Å². The third-order valence-electron chi connectivity index (χ3n) is 2.20. The van der Waals surface area contributed by atoms with Crippen LogP contribution in [-0.4, -0.2) is 11.6 Å². The minimum atomic E-state index is 0.415. The molecule has 2 aromatic rings. The van der Waals surface area contributed by atoms with Gasteiger partial charge in [0.25, 0.3) is 0 Å². The molecule has 0 unspecified atom stereocenters. The molecule has 0 spiro atoms. The molecule has 5 heteroatoms. The molecule has 88 valence electrons. The lowest BCUT2D eigenvalue weighted by Crippen LogP contribution is -2.05.